The largest absolute Gasteiger partial charge is 0.396 e. The smallest absolute Gasteiger partial charge is 0.0431 e. The predicted molar refractivity (Wildman–Crippen MR) is 66.8 cm³/mol. The normalized spacial score (nSPS) is 10.0. The number of aliphatic hydroxyl groups is 1. The quantitative estimate of drug-likeness (QED) is 0.504. The molecule has 0 atom stereocenters. The van der Waals surface area contributed by atoms with Gasteiger partial charge in [-0.3, -0.25) is 0 Å². The predicted octanol–water partition coefficient (Wildman–Crippen LogP) is 4.37. The van der Waals surface area contributed by atoms with Crippen molar-refractivity contribution in [1.82, 2.24) is 0 Å². The van der Waals surface area contributed by atoms with Gasteiger partial charge in [0.1, 0.15) is 0 Å². The van der Waals surface area contributed by atoms with E-state index in [9.17, 15) is 0 Å². The van der Waals surface area contributed by atoms with Crippen molar-refractivity contribution < 1.29 is 5.11 Å². The van der Waals surface area contributed by atoms with E-state index in [2.05, 4.69) is 6.92 Å². The summed E-state index contributed by atoms with van der Waals surface area (Å²) in [6.07, 6.45) is 14.8. The van der Waals surface area contributed by atoms with Gasteiger partial charge in [0, 0.05) is 14.0 Å². The lowest BCUT2D eigenvalue weighted by Gasteiger charge is -2.01. The minimum Gasteiger partial charge on any atom is -0.396 e. The topological polar surface area (TPSA) is 20.2 Å². The van der Waals surface area contributed by atoms with Crippen molar-refractivity contribution in [2.45, 2.75) is 77.6 Å². The number of aliphatic hydroxyl groups excluding tert-OH is 1. The van der Waals surface area contributed by atoms with E-state index in [4.69, 9.17) is 5.11 Å². The van der Waals surface area contributed by atoms with E-state index >= 15 is 0 Å². The second-order valence-corrected chi connectivity index (χ2v) is 4.26. The van der Waals surface area contributed by atoms with E-state index in [0.717, 1.165) is 6.42 Å². The molecule has 0 aliphatic carbocycles. The van der Waals surface area contributed by atoms with Crippen molar-refractivity contribution in [1.29, 1.82) is 0 Å². The van der Waals surface area contributed by atoms with Crippen LogP contribution in [0.5, 0.6) is 0 Å². The summed E-state index contributed by atoms with van der Waals surface area (Å²) in [5.74, 6) is 0. The summed E-state index contributed by atoms with van der Waals surface area (Å²) in [7, 11) is 0. The Hall–Kier alpha value is -0.0400. The van der Waals surface area contributed by atoms with Gasteiger partial charge in [0.25, 0.3) is 0 Å². The zero-order valence-electron chi connectivity index (χ0n) is 10.4. The molecule has 0 spiro atoms. The van der Waals surface area contributed by atoms with E-state index in [1.165, 1.54) is 64.2 Å². The van der Waals surface area contributed by atoms with Gasteiger partial charge in [-0.05, 0) is 6.42 Å². The molecule has 0 saturated heterocycles. The van der Waals surface area contributed by atoms with Crippen LogP contribution in [0.1, 0.15) is 77.6 Å². The highest BCUT2D eigenvalue weighted by atomic mass is 16.2. The fourth-order valence-corrected chi connectivity index (χ4v) is 1.78. The zero-order valence-corrected chi connectivity index (χ0v) is 10.4. The SMILES string of the molecule is CCCCCCCCCCCCCO.[C]. The van der Waals surface area contributed by atoms with Gasteiger partial charge in [-0.15, -0.1) is 0 Å². The van der Waals surface area contributed by atoms with Crippen molar-refractivity contribution in [2.75, 3.05) is 6.61 Å². The van der Waals surface area contributed by atoms with Crippen molar-refractivity contribution >= 4 is 0 Å². The summed E-state index contributed by atoms with van der Waals surface area (Å²) >= 11 is 0. The van der Waals surface area contributed by atoms with E-state index in [1.54, 1.807) is 0 Å². The first-order valence-electron chi connectivity index (χ1n) is 6.52. The molecule has 1 heteroatoms. The van der Waals surface area contributed by atoms with Gasteiger partial charge in [-0.25, -0.2) is 0 Å². The second-order valence-electron chi connectivity index (χ2n) is 4.26. The molecule has 4 radical (unpaired) electrons. The highest BCUT2D eigenvalue weighted by Gasteiger charge is 1.91. The molecule has 1 N–H and O–H groups in total. The number of rotatable bonds is 11. The molecule has 0 rings (SSSR count). The first-order chi connectivity index (χ1) is 6.91. The summed E-state index contributed by atoms with van der Waals surface area (Å²) in [4.78, 5) is 0. The van der Waals surface area contributed by atoms with Crippen molar-refractivity contribution in [2.24, 2.45) is 0 Å². The lowest BCUT2D eigenvalue weighted by atomic mass is 10.1. The molecule has 0 aromatic carbocycles. The maximum absolute atomic E-state index is 8.59. The van der Waals surface area contributed by atoms with Crippen LogP contribution in [-0.4, -0.2) is 11.7 Å². The van der Waals surface area contributed by atoms with Crippen LogP contribution in [0.25, 0.3) is 0 Å². The Morgan fingerprint density at radius 1 is 0.600 bits per heavy atom. The van der Waals surface area contributed by atoms with Crippen LogP contribution in [0.2, 0.25) is 0 Å². The Morgan fingerprint density at radius 3 is 1.27 bits per heavy atom. The Kier molecular flexibility index (Phi) is 19.0. The van der Waals surface area contributed by atoms with Crippen LogP contribution in [0.3, 0.4) is 0 Å². The Balaban J connectivity index is 0. The first-order valence-corrected chi connectivity index (χ1v) is 6.52. The third-order valence-electron chi connectivity index (χ3n) is 2.76. The van der Waals surface area contributed by atoms with Crippen LogP contribution in [-0.2, 0) is 0 Å². The molecule has 1 nitrogen and oxygen atoms in total. The van der Waals surface area contributed by atoms with E-state index in [1.807, 2.05) is 0 Å². The molecule has 0 bridgehead atoms. The molecular formula is C14H28O. The van der Waals surface area contributed by atoms with Crippen molar-refractivity contribution in [3.8, 4) is 0 Å². The summed E-state index contributed by atoms with van der Waals surface area (Å²) in [5.41, 5.74) is 0. The van der Waals surface area contributed by atoms with Gasteiger partial charge in [-0.2, -0.15) is 0 Å². The maximum atomic E-state index is 8.59. The monoisotopic (exact) mass is 212 g/mol. The van der Waals surface area contributed by atoms with Gasteiger partial charge in [0.15, 0.2) is 0 Å². The van der Waals surface area contributed by atoms with E-state index in [-0.39, 0.29) is 7.43 Å². The highest BCUT2D eigenvalue weighted by molar-refractivity contribution is 4.47. The van der Waals surface area contributed by atoms with Crippen LogP contribution < -0.4 is 0 Å². The standard InChI is InChI=1S/C13H28O.C/c1-2-3-4-5-6-7-8-9-10-11-12-13-14;/h14H,2-13H2,1H3;. The van der Waals surface area contributed by atoms with E-state index < -0.39 is 0 Å². The lowest BCUT2D eigenvalue weighted by molar-refractivity contribution is 0.282. The first kappa shape index (κ1) is 17.4. The molecule has 0 saturated carbocycles. The molecule has 90 valence electrons. The Bertz CT molecular complexity index is 79.3. The number of hydrogen-bond acceptors (Lipinski definition) is 1. The van der Waals surface area contributed by atoms with Gasteiger partial charge in [0.05, 0.1) is 0 Å². The third-order valence-corrected chi connectivity index (χ3v) is 2.76. The molecule has 0 heterocycles. The van der Waals surface area contributed by atoms with Gasteiger partial charge < -0.3 is 5.11 Å². The molecule has 15 heavy (non-hydrogen) atoms. The zero-order chi connectivity index (χ0) is 10.5. The fraction of sp³-hybridized carbons (Fsp3) is 0.929. The molecule has 0 aliphatic rings. The van der Waals surface area contributed by atoms with E-state index in [0.29, 0.717) is 6.61 Å². The minimum absolute atomic E-state index is 0. The molecule has 0 aliphatic heterocycles. The fourth-order valence-electron chi connectivity index (χ4n) is 1.78. The highest BCUT2D eigenvalue weighted by Crippen LogP contribution is 2.10. The van der Waals surface area contributed by atoms with Crippen LogP contribution in [0.4, 0.5) is 0 Å². The van der Waals surface area contributed by atoms with Crippen LogP contribution in [0.15, 0.2) is 0 Å². The third kappa shape index (κ3) is 16.6. The van der Waals surface area contributed by atoms with Gasteiger partial charge in [0.2, 0.25) is 0 Å². The number of unbranched alkanes of at least 4 members (excludes halogenated alkanes) is 10. The Labute approximate surface area is 97.3 Å². The van der Waals surface area contributed by atoms with Gasteiger partial charge >= 0.3 is 0 Å². The van der Waals surface area contributed by atoms with Gasteiger partial charge in [-0.1, -0.05) is 71.1 Å². The average molecular weight is 212 g/mol. The molecule has 0 amide bonds. The molecule has 0 aromatic rings. The minimum atomic E-state index is 0. The molecule has 0 fully saturated rings. The van der Waals surface area contributed by atoms with Crippen molar-refractivity contribution in [3.63, 3.8) is 0 Å². The molecular weight excluding hydrogens is 184 g/mol. The summed E-state index contributed by atoms with van der Waals surface area (Å²) in [6.45, 7) is 2.64. The summed E-state index contributed by atoms with van der Waals surface area (Å²) < 4.78 is 0. The average Bonchev–Trinajstić information content (AvgIpc) is 2.21. The molecule has 0 aromatic heterocycles. The number of hydrogen-bond donors (Lipinski definition) is 1. The Morgan fingerprint density at radius 2 is 0.933 bits per heavy atom. The van der Waals surface area contributed by atoms with Crippen LogP contribution in [0, 0.1) is 7.43 Å². The lowest BCUT2D eigenvalue weighted by Crippen LogP contribution is -1.84. The summed E-state index contributed by atoms with van der Waals surface area (Å²) in [5, 5.41) is 8.59. The van der Waals surface area contributed by atoms with Crippen molar-refractivity contribution in [3.05, 3.63) is 7.43 Å². The molecule has 0 unspecified atom stereocenters. The van der Waals surface area contributed by atoms with Crippen LogP contribution >= 0.6 is 0 Å². The second kappa shape index (κ2) is 16.4. The summed E-state index contributed by atoms with van der Waals surface area (Å²) in [6, 6.07) is 0. The maximum Gasteiger partial charge on any atom is 0.0431 e.